The third-order valence-corrected chi connectivity index (χ3v) is 3.43. The predicted octanol–water partition coefficient (Wildman–Crippen LogP) is 2.48. The summed E-state index contributed by atoms with van der Waals surface area (Å²) in [4.78, 5) is 2.36. The van der Waals surface area contributed by atoms with Gasteiger partial charge in [-0.15, -0.1) is 11.3 Å². The van der Waals surface area contributed by atoms with Crippen LogP contribution in [0.3, 0.4) is 0 Å². The molecule has 1 aromatic rings. The number of aryl methyl sites for hydroxylation is 1. The topological polar surface area (TPSA) is 26.0 Å². The maximum atomic E-state index is 5.93. The van der Waals surface area contributed by atoms with Crippen LogP contribution in [0.15, 0.2) is 0 Å². The molecule has 0 saturated heterocycles. The number of hydrogen-bond acceptors (Lipinski definition) is 2. The lowest BCUT2D eigenvalue weighted by atomic mass is 10.3. The largest absolute Gasteiger partial charge is 0.326 e. The summed E-state index contributed by atoms with van der Waals surface area (Å²) >= 11 is 7.62. The minimum Gasteiger partial charge on any atom is -0.326 e. The lowest BCUT2D eigenvalue weighted by Crippen LogP contribution is -1.94. The summed E-state index contributed by atoms with van der Waals surface area (Å²) in [7, 11) is 0. The van der Waals surface area contributed by atoms with Gasteiger partial charge in [-0.1, -0.05) is 11.6 Å². The van der Waals surface area contributed by atoms with E-state index in [1.54, 1.807) is 11.3 Å². The van der Waals surface area contributed by atoms with E-state index in [1.807, 2.05) is 13.8 Å². The molecule has 0 radical (unpaired) electrons. The Morgan fingerprint density at radius 1 is 1.50 bits per heavy atom. The molecule has 1 rings (SSSR count). The maximum Gasteiger partial charge on any atom is 0.0574 e. The van der Waals surface area contributed by atoms with Crippen molar-refractivity contribution in [3.63, 3.8) is 0 Å². The first-order valence-electron chi connectivity index (χ1n) is 3.11. The summed E-state index contributed by atoms with van der Waals surface area (Å²) in [5, 5.41) is 0.880. The van der Waals surface area contributed by atoms with Crippen LogP contribution in [-0.4, -0.2) is 0 Å². The molecule has 0 bridgehead atoms. The number of thiophene rings is 1. The number of rotatable bonds is 1. The van der Waals surface area contributed by atoms with E-state index >= 15 is 0 Å². The highest BCUT2D eigenvalue weighted by Crippen LogP contribution is 2.30. The standard InChI is InChI=1S/C7H10ClNS/c1-4-6(3-9)10-5(2)7(4)8/h3,9H2,1-2H3. The first kappa shape index (κ1) is 8.05. The Labute approximate surface area is 69.8 Å². The molecule has 0 unspecified atom stereocenters. The van der Waals surface area contributed by atoms with Gasteiger partial charge in [0.05, 0.1) is 5.02 Å². The summed E-state index contributed by atoms with van der Waals surface area (Å²) in [6.07, 6.45) is 0. The van der Waals surface area contributed by atoms with E-state index in [0.717, 1.165) is 10.6 Å². The summed E-state index contributed by atoms with van der Waals surface area (Å²) in [5.41, 5.74) is 6.63. The lowest BCUT2D eigenvalue weighted by Gasteiger charge is -1.90. The Balaban J connectivity index is 3.17. The molecule has 1 heterocycles. The highest BCUT2D eigenvalue weighted by molar-refractivity contribution is 7.12. The van der Waals surface area contributed by atoms with Crippen molar-refractivity contribution in [2.75, 3.05) is 0 Å². The molecule has 2 N–H and O–H groups in total. The van der Waals surface area contributed by atoms with Gasteiger partial charge in [-0.25, -0.2) is 0 Å². The Morgan fingerprint density at radius 3 is 2.30 bits per heavy atom. The van der Waals surface area contributed by atoms with Crippen LogP contribution in [0.1, 0.15) is 15.3 Å². The molecule has 56 valence electrons. The molecule has 0 aliphatic rings. The molecule has 0 atom stereocenters. The first-order valence-corrected chi connectivity index (χ1v) is 4.30. The highest BCUT2D eigenvalue weighted by atomic mass is 35.5. The average molecular weight is 176 g/mol. The smallest absolute Gasteiger partial charge is 0.0574 e. The summed E-state index contributed by atoms with van der Waals surface area (Å²) in [5.74, 6) is 0. The Morgan fingerprint density at radius 2 is 2.10 bits per heavy atom. The van der Waals surface area contributed by atoms with Crippen LogP contribution >= 0.6 is 22.9 Å². The molecule has 1 nitrogen and oxygen atoms in total. The first-order chi connectivity index (χ1) is 4.66. The van der Waals surface area contributed by atoms with Gasteiger partial charge in [0, 0.05) is 16.3 Å². The van der Waals surface area contributed by atoms with Crippen molar-refractivity contribution in [2.24, 2.45) is 5.73 Å². The van der Waals surface area contributed by atoms with E-state index in [-0.39, 0.29) is 0 Å². The van der Waals surface area contributed by atoms with E-state index < -0.39 is 0 Å². The van der Waals surface area contributed by atoms with Gasteiger partial charge in [0.25, 0.3) is 0 Å². The van der Waals surface area contributed by atoms with Gasteiger partial charge < -0.3 is 5.73 Å². The van der Waals surface area contributed by atoms with Gasteiger partial charge >= 0.3 is 0 Å². The van der Waals surface area contributed by atoms with Crippen LogP contribution in [-0.2, 0) is 6.54 Å². The second-order valence-corrected chi connectivity index (χ2v) is 3.91. The van der Waals surface area contributed by atoms with E-state index in [2.05, 4.69) is 0 Å². The van der Waals surface area contributed by atoms with E-state index in [4.69, 9.17) is 17.3 Å². The van der Waals surface area contributed by atoms with Crippen molar-refractivity contribution in [1.82, 2.24) is 0 Å². The molecule has 10 heavy (non-hydrogen) atoms. The number of nitrogens with two attached hydrogens (primary N) is 1. The van der Waals surface area contributed by atoms with Crippen LogP contribution < -0.4 is 5.73 Å². The van der Waals surface area contributed by atoms with Crippen molar-refractivity contribution >= 4 is 22.9 Å². The van der Waals surface area contributed by atoms with Gasteiger partial charge in [-0.05, 0) is 19.4 Å². The Hall–Kier alpha value is -0.0500. The molecular formula is C7H10ClNS. The second kappa shape index (κ2) is 2.91. The van der Waals surface area contributed by atoms with Crippen molar-refractivity contribution < 1.29 is 0 Å². The minimum absolute atomic E-state index is 0.601. The maximum absolute atomic E-state index is 5.93. The van der Waals surface area contributed by atoms with Gasteiger partial charge in [-0.3, -0.25) is 0 Å². The Bertz CT molecular complexity index is 242. The molecule has 0 aliphatic heterocycles. The number of halogens is 1. The SMILES string of the molecule is Cc1sc(CN)c(C)c1Cl. The molecule has 0 aromatic carbocycles. The monoisotopic (exact) mass is 175 g/mol. The highest BCUT2D eigenvalue weighted by Gasteiger charge is 2.07. The third-order valence-electron chi connectivity index (χ3n) is 1.52. The second-order valence-electron chi connectivity index (χ2n) is 2.22. The lowest BCUT2D eigenvalue weighted by molar-refractivity contribution is 1.09. The molecular weight excluding hydrogens is 166 g/mol. The average Bonchev–Trinajstić information content (AvgIpc) is 2.17. The van der Waals surface area contributed by atoms with Gasteiger partial charge in [0.15, 0.2) is 0 Å². The Kier molecular flexibility index (Phi) is 2.34. The van der Waals surface area contributed by atoms with Crippen LogP contribution in [0.25, 0.3) is 0 Å². The molecule has 0 aliphatic carbocycles. The zero-order chi connectivity index (χ0) is 7.72. The molecule has 1 aromatic heterocycles. The van der Waals surface area contributed by atoms with Crippen LogP contribution in [0.2, 0.25) is 5.02 Å². The summed E-state index contributed by atoms with van der Waals surface area (Å²) < 4.78 is 0. The third kappa shape index (κ3) is 1.19. The quantitative estimate of drug-likeness (QED) is 0.698. The molecule has 0 fully saturated rings. The fourth-order valence-corrected chi connectivity index (χ4v) is 2.12. The van der Waals surface area contributed by atoms with E-state index in [1.165, 1.54) is 9.75 Å². The van der Waals surface area contributed by atoms with Gasteiger partial charge in [0.1, 0.15) is 0 Å². The van der Waals surface area contributed by atoms with E-state index in [0.29, 0.717) is 6.54 Å². The molecule has 0 spiro atoms. The minimum atomic E-state index is 0.601. The van der Waals surface area contributed by atoms with Crippen LogP contribution in [0.4, 0.5) is 0 Å². The molecule has 0 saturated carbocycles. The summed E-state index contributed by atoms with van der Waals surface area (Å²) in [6, 6.07) is 0. The van der Waals surface area contributed by atoms with Crippen molar-refractivity contribution in [1.29, 1.82) is 0 Å². The van der Waals surface area contributed by atoms with Gasteiger partial charge in [0.2, 0.25) is 0 Å². The van der Waals surface area contributed by atoms with Gasteiger partial charge in [-0.2, -0.15) is 0 Å². The van der Waals surface area contributed by atoms with Crippen molar-refractivity contribution in [2.45, 2.75) is 20.4 Å². The zero-order valence-electron chi connectivity index (χ0n) is 6.07. The fourth-order valence-electron chi connectivity index (χ4n) is 0.887. The van der Waals surface area contributed by atoms with E-state index in [9.17, 15) is 0 Å². The van der Waals surface area contributed by atoms with Crippen LogP contribution in [0.5, 0.6) is 0 Å². The van der Waals surface area contributed by atoms with Crippen LogP contribution in [0, 0.1) is 13.8 Å². The molecule has 0 amide bonds. The summed E-state index contributed by atoms with van der Waals surface area (Å²) in [6.45, 7) is 4.62. The fraction of sp³-hybridized carbons (Fsp3) is 0.429. The van der Waals surface area contributed by atoms with Crippen molar-refractivity contribution in [3.05, 3.63) is 20.3 Å². The number of hydrogen-bond donors (Lipinski definition) is 1. The normalized spacial score (nSPS) is 10.4. The molecule has 3 heteroatoms. The predicted molar refractivity (Wildman–Crippen MR) is 46.7 cm³/mol. The zero-order valence-corrected chi connectivity index (χ0v) is 7.64. The van der Waals surface area contributed by atoms with Crippen molar-refractivity contribution in [3.8, 4) is 0 Å².